The Balaban J connectivity index is 4.75. The van der Waals surface area contributed by atoms with Crippen LogP contribution in [0.15, 0.2) is 0 Å². The van der Waals surface area contributed by atoms with Gasteiger partial charge in [-0.2, -0.15) is 0 Å². The van der Waals surface area contributed by atoms with Crippen molar-refractivity contribution >= 4 is 11.9 Å². The Morgan fingerprint density at radius 3 is 1.83 bits per heavy atom. The van der Waals surface area contributed by atoms with Gasteiger partial charge in [0, 0.05) is 0 Å². The largest absolute Gasteiger partial charge is 0.479 e. The van der Waals surface area contributed by atoms with Crippen molar-refractivity contribution in [3.63, 3.8) is 0 Å². The highest BCUT2D eigenvalue weighted by Crippen LogP contribution is 2.10. The van der Waals surface area contributed by atoms with E-state index in [4.69, 9.17) is 25.5 Å². The predicted molar refractivity (Wildman–Crippen MR) is 33.3 cm³/mol. The molecule has 7 nitrogen and oxygen atoms in total. The van der Waals surface area contributed by atoms with Crippen LogP contribution in [0.3, 0.4) is 0 Å². The smallest absolute Gasteiger partial charge is 0.341 e. The summed E-state index contributed by atoms with van der Waals surface area (Å²) in [6.07, 6.45) is -2.56. The van der Waals surface area contributed by atoms with E-state index in [1.54, 1.807) is 0 Å². The van der Waals surface area contributed by atoms with Gasteiger partial charge >= 0.3 is 11.9 Å². The molecule has 0 saturated heterocycles. The van der Waals surface area contributed by atoms with Crippen LogP contribution in [0, 0.1) is 0 Å². The molecule has 0 amide bonds. The molecule has 0 aliphatic rings. The average Bonchev–Trinajstić information content (AvgIpc) is 2.01. The molecule has 0 aromatic rings. The Labute approximate surface area is 66.5 Å². The monoisotopic (exact) mass is 180 g/mol. The highest BCUT2D eigenvalue weighted by Gasteiger charge is 2.47. The van der Waals surface area contributed by atoms with Crippen molar-refractivity contribution in [2.75, 3.05) is 6.61 Å². The van der Waals surface area contributed by atoms with Gasteiger partial charge in [0.05, 0.1) is 6.61 Å². The molecule has 0 radical (unpaired) electrons. The van der Waals surface area contributed by atoms with Crippen molar-refractivity contribution in [1.29, 1.82) is 0 Å². The molecule has 5 N–H and O–H groups in total. The zero-order valence-electron chi connectivity index (χ0n) is 5.84. The van der Waals surface area contributed by atoms with Gasteiger partial charge < -0.3 is 25.5 Å². The fourth-order valence-electron chi connectivity index (χ4n) is 0.475. The Morgan fingerprint density at radius 2 is 1.75 bits per heavy atom. The second kappa shape index (κ2) is 3.48. The number of carbonyl (C=O) groups is 2. The summed E-state index contributed by atoms with van der Waals surface area (Å²) in [4.78, 5) is 20.2. The van der Waals surface area contributed by atoms with Crippen molar-refractivity contribution < 1.29 is 35.1 Å². The Morgan fingerprint density at radius 1 is 1.33 bits per heavy atom. The lowest BCUT2D eigenvalue weighted by molar-refractivity contribution is -0.188. The molecular weight excluding hydrogens is 172 g/mol. The molecule has 1 unspecified atom stereocenters. The van der Waals surface area contributed by atoms with Crippen LogP contribution in [0.1, 0.15) is 0 Å². The van der Waals surface area contributed by atoms with Gasteiger partial charge in [-0.1, -0.05) is 0 Å². The molecule has 0 spiro atoms. The molecule has 70 valence electrons. The van der Waals surface area contributed by atoms with E-state index in [-0.39, 0.29) is 0 Å². The lowest BCUT2D eigenvalue weighted by atomic mass is 9.98. The molecule has 7 heteroatoms. The summed E-state index contributed by atoms with van der Waals surface area (Å²) in [5.41, 5.74) is -3.05. The van der Waals surface area contributed by atoms with Gasteiger partial charge in [0.15, 0.2) is 6.10 Å². The van der Waals surface area contributed by atoms with Crippen LogP contribution in [-0.2, 0) is 9.59 Å². The molecule has 12 heavy (non-hydrogen) atoms. The van der Waals surface area contributed by atoms with Crippen LogP contribution in [0.2, 0.25) is 0 Å². The van der Waals surface area contributed by atoms with Crippen LogP contribution in [0.25, 0.3) is 0 Å². The third-order valence-corrected chi connectivity index (χ3v) is 1.30. The molecule has 0 aromatic heterocycles. The Bertz CT molecular complexity index is 200. The summed E-state index contributed by atoms with van der Waals surface area (Å²) in [7, 11) is 0. The van der Waals surface area contributed by atoms with Gasteiger partial charge in [-0.3, -0.25) is 0 Å². The van der Waals surface area contributed by atoms with Gasteiger partial charge in [-0.05, 0) is 0 Å². The summed E-state index contributed by atoms with van der Waals surface area (Å²) in [5, 5.41) is 42.1. The van der Waals surface area contributed by atoms with Crippen LogP contribution in [0.5, 0.6) is 0 Å². The van der Waals surface area contributed by atoms with E-state index in [1.165, 1.54) is 0 Å². The summed E-state index contributed by atoms with van der Waals surface area (Å²) in [6.45, 7) is -1.38. The van der Waals surface area contributed by atoms with Crippen molar-refractivity contribution in [3.05, 3.63) is 0 Å². The van der Waals surface area contributed by atoms with Gasteiger partial charge in [0.2, 0.25) is 5.60 Å². The Kier molecular flexibility index (Phi) is 3.14. The SMILES string of the molecule is O=C(O)[C@H](O)C(O)(CO)C(=O)O. The first-order valence-electron chi connectivity index (χ1n) is 2.83. The number of carboxylic acids is 2. The number of carboxylic acid groups (broad SMARTS) is 2. The maximum absolute atomic E-state index is 10.2. The molecule has 0 heterocycles. The molecule has 0 aliphatic heterocycles. The highest BCUT2D eigenvalue weighted by atomic mass is 16.5. The zero-order valence-corrected chi connectivity index (χ0v) is 5.84. The number of aliphatic carboxylic acids is 2. The molecule has 0 aromatic carbocycles. The van der Waals surface area contributed by atoms with Gasteiger partial charge in [-0.15, -0.1) is 0 Å². The number of hydrogen-bond acceptors (Lipinski definition) is 5. The highest BCUT2D eigenvalue weighted by molar-refractivity contribution is 5.87. The predicted octanol–water partition coefficient (Wildman–Crippen LogP) is -2.76. The molecular formula is C5H8O7. The standard InChI is InChI=1S/C5H8O7/c6-1-5(12,4(10)11)2(7)3(8)9/h2,6-7,12H,1H2,(H,8,9)(H,10,11)/t2-,5?/m0/s1. The maximum atomic E-state index is 10.2. The van der Waals surface area contributed by atoms with Gasteiger partial charge in [0.1, 0.15) is 0 Å². The van der Waals surface area contributed by atoms with E-state index < -0.39 is 30.3 Å². The lowest BCUT2D eigenvalue weighted by Crippen LogP contribution is -2.55. The zero-order chi connectivity index (χ0) is 9.94. The second-order valence-corrected chi connectivity index (χ2v) is 2.13. The third-order valence-electron chi connectivity index (χ3n) is 1.30. The van der Waals surface area contributed by atoms with Crippen molar-refractivity contribution in [2.24, 2.45) is 0 Å². The van der Waals surface area contributed by atoms with Crippen LogP contribution < -0.4 is 0 Å². The van der Waals surface area contributed by atoms with Crippen molar-refractivity contribution in [1.82, 2.24) is 0 Å². The van der Waals surface area contributed by atoms with E-state index in [2.05, 4.69) is 0 Å². The summed E-state index contributed by atoms with van der Waals surface area (Å²) in [5.74, 6) is -3.92. The fraction of sp³-hybridized carbons (Fsp3) is 0.600. The molecule has 0 aliphatic carbocycles. The minimum Gasteiger partial charge on any atom is -0.479 e. The normalized spacial score (nSPS) is 17.9. The molecule has 0 bridgehead atoms. The minimum absolute atomic E-state index is 1.38. The first-order valence-corrected chi connectivity index (χ1v) is 2.83. The fourth-order valence-corrected chi connectivity index (χ4v) is 0.475. The van der Waals surface area contributed by atoms with E-state index in [0.717, 1.165) is 0 Å². The van der Waals surface area contributed by atoms with Crippen LogP contribution in [0.4, 0.5) is 0 Å². The second-order valence-electron chi connectivity index (χ2n) is 2.13. The number of aliphatic hydroxyl groups is 3. The van der Waals surface area contributed by atoms with Crippen LogP contribution in [-0.4, -0.2) is 55.8 Å². The van der Waals surface area contributed by atoms with Gasteiger partial charge in [0.25, 0.3) is 0 Å². The van der Waals surface area contributed by atoms with Crippen LogP contribution >= 0.6 is 0 Å². The maximum Gasteiger partial charge on any atom is 0.341 e. The summed E-state index contributed by atoms with van der Waals surface area (Å²) < 4.78 is 0. The van der Waals surface area contributed by atoms with E-state index >= 15 is 0 Å². The van der Waals surface area contributed by atoms with Crippen molar-refractivity contribution in [2.45, 2.75) is 11.7 Å². The Hall–Kier alpha value is -1.18. The molecule has 2 atom stereocenters. The van der Waals surface area contributed by atoms with Gasteiger partial charge in [-0.25, -0.2) is 9.59 Å². The summed E-state index contributed by atoms with van der Waals surface area (Å²) in [6, 6.07) is 0. The number of rotatable bonds is 4. The molecule has 0 fully saturated rings. The average molecular weight is 180 g/mol. The van der Waals surface area contributed by atoms with E-state index in [1.807, 2.05) is 0 Å². The van der Waals surface area contributed by atoms with E-state index in [9.17, 15) is 9.59 Å². The first kappa shape index (κ1) is 10.8. The third kappa shape index (κ3) is 1.70. The molecule has 0 saturated carbocycles. The minimum atomic E-state index is -3.05. The van der Waals surface area contributed by atoms with Crippen molar-refractivity contribution in [3.8, 4) is 0 Å². The van der Waals surface area contributed by atoms with E-state index in [0.29, 0.717) is 0 Å². The summed E-state index contributed by atoms with van der Waals surface area (Å²) >= 11 is 0. The quantitative estimate of drug-likeness (QED) is 0.316. The number of hydrogen-bond donors (Lipinski definition) is 5. The lowest BCUT2D eigenvalue weighted by Gasteiger charge is -2.22. The number of aliphatic hydroxyl groups excluding tert-OH is 2. The topological polar surface area (TPSA) is 135 Å². The first-order chi connectivity index (χ1) is 5.36. The molecule has 0 rings (SSSR count).